The van der Waals surface area contributed by atoms with Crippen molar-refractivity contribution in [3.8, 4) is 11.1 Å². The zero-order valence-electron chi connectivity index (χ0n) is 33.6. The lowest BCUT2D eigenvalue weighted by molar-refractivity contribution is 0.411. The second-order valence-electron chi connectivity index (χ2n) is 17.6. The maximum atomic E-state index is 2.61. The maximum Gasteiger partial charge on any atom is 0.0501 e. The van der Waals surface area contributed by atoms with E-state index in [2.05, 4.69) is 177 Å². The summed E-state index contributed by atoms with van der Waals surface area (Å²) in [6.07, 6.45) is 48.5. The summed E-state index contributed by atoms with van der Waals surface area (Å²) >= 11 is 0. The Balaban J connectivity index is 0.922. The molecule has 3 aromatic carbocycles. The predicted molar refractivity (Wildman–Crippen MR) is 241 cm³/mol. The van der Waals surface area contributed by atoms with Gasteiger partial charge in [0.15, 0.2) is 0 Å². The minimum absolute atomic E-state index is 0.0865. The van der Waals surface area contributed by atoms with Gasteiger partial charge in [0.2, 0.25) is 0 Å². The molecule has 3 aromatic rings. The molecule has 1 spiro atoms. The SMILES string of the molecule is CC(C=CCC(CC1=CC=C(C2=CCCC3=C2C2C=CC=CC2C32c3ccccc3-c3ccccc32)CC1)CC1C=CC(c2ccccc2)=CC1)C1=CCCC=C1. The third-order valence-electron chi connectivity index (χ3n) is 14.3. The van der Waals surface area contributed by atoms with Gasteiger partial charge in [-0.25, -0.2) is 0 Å². The lowest BCUT2D eigenvalue weighted by atomic mass is 9.63. The minimum Gasteiger partial charge on any atom is -0.0876 e. The van der Waals surface area contributed by atoms with Crippen molar-refractivity contribution in [1.29, 1.82) is 0 Å². The van der Waals surface area contributed by atoms with E-state index in [1.54, 1.807) is 27.9 Å². The van der Waals surface area contributed by atoms with Crippen LogP contribution in [-0.2, 0) is 5.41 Å². The van der Waals surface area contributed by atoms with E-state index in [0.29, 0.717) is 29.6 Å². The van der Waals surface area contributed by atoms with Crippen LogP contribution in [0.3, 0.4) is 0 Å². The van der Waals surface area contributed by atoms with Gasteiger partial charge in [0.25, 0.3) is 0 Å². The molecule has 0 aliphatic heterocycles. The molecule has 0 fully saturated rings. The van der Waals surface area contributed by atoms with Crippen LogP contribution in [0.15, 0.2) is 203 Å². The molecule has 0 amide bonds. The van der Waals surface area contributed by atoms with Crippen molar-refractivity contribution >= 4 is 5.57 Å². The van der Waals surface area contributed by atoms with Crippen LogP contribution < -0.4 is 0 Å². The van der Waals surface area contributed by atoms with Crippen molar-refractivity contribution in [2.45, 2.75) is 76.5 Å². The third kappa shape index (κ3) is 6.56. The van der Waals surface area contributed by atoms with Gasteiger partial charge < -0.3 is 0 Å². The Kier molecular flexibility index (Phi) is 9.91. The molecule has 5 atom stereocenters. The van der Waals surface area contributed by atoms with Crippen LogP contribution in [0.2, 0.25) is 0 Å². The fraction of sp³-hybridized carbons (Fsp3) is 0.298. The number of allylic oxidation sites excluding steroid dienone is 22. The van der Waals surface area contributed by atoms with Gasteiger partial charge >= 0.3 is 0 Å². The summed E-state index contributed by atoms with van der Waals surface area (Å²) < 4.78 is 0. The highest BCUT2D eigenvalue weighted by atomic mass is 14.6. The molecule has 7 aliphatic carbocycles. The Morgan fingerprint density at radius 1 is 0.737 bits per heavy atom. The number of rotatable bonds is 10. The van der Waals surface area contributed by atoms with Crippen molar-refractivity contribution in [3.05, 3.63) is 220 Å². The van der Waals surface area contributed by atoms with Crippen molar-refractivity contribution < 1.29 is 0 Å². The summed E-state index contributed by atoms with van der Waals surface area (Å²) in [7, 11) is 0. The molecule has 10 rings (SSSR count). The van der Waals surface area contributed by atoms with Gasteiger partial charge in [-0.1, -0.05) is 182 Å². The van der Waals surface area contributed by atoms with E-state index in [0.717, 1.165) is 32.1 Å². The van der Waals surface area contributed by atoms with E-state index in [1.807, 2.05) is 0 Å². The number of hydrogen-bond donors (Lipinski definition) is 0. The predicted octanol–water partition coefficient (Wildman–Crippen LogP) is 14.9. The Morgan fingerprint density at radius 2 is 1.53 bits per heavy atom. The molecule has 0 saturated heterocycles. The summed E-state index contributed by atoms with van der Waals surface area (Å²) in [5.74, 6) is 2.51. The molecule has 7 aliphatic rings. The highest BCUT2D eigenvalue weighted by molar-refractivity contribution is 5.86. The largest absolute Gasteiger partial charge is 0.0876 e. The summed E-state index contributed by atoms with van der Waals surface area (Å²) in [4.78, 5) is 0. The number of hydrogen-bond acceptors (Lipinski definition) is 0. The van der Waals surface area contributed by atoms with E-state index in [4.69, 9.17) is 0 Å². The van der Waals surface area contributed by atoms with Gasteiger partial charge in [-0.05, 0) is 143 Å². The van der Waals surface area contributed by atoms with E-state index in [-0.39, 0.29) is 5.41 Å². The van der Waals surface area contributed by atoms with Crippen LogP contribution in [0.4, 0.5) is 0 Å². The van der Waals surface area contributed by atoms with Crippen LogP contribution in [0, 0.1) is 29.6 Å². The van der Waals surface area contributed by atoms with Gasteiger partial charge in [0.1, 0.15) is 0 Å². The molecule has 0 aromatic heterocycles. The molecular formula is C57H56. The zero-order valence-corrected chi connectivity index (χ0v) is 33.6. The van der Waals surface area contributed by atoms with E-state index < -0.39 is 0 Å². The summed E-state index contributed by atoms with van der Waals surface area (Å²) in [6, 6.07) is 29.5. The topological polar surface area (TPSA) is 0 Å². The molecule has 0 heteroatoms. The molecule has 0 N–H and O–H groups in total. The van der Waals surface area contributed by atoms with Crippen LogP contribution in [0.1, 0.15) is 87.8 Å². The van der Waals surface area contributed by atoms with Crippen molar-refractivity contribution in [1.82, 2.24) is 0 Å². The van der Waals surface area contributed by atoms with Gasteiger partial charge in [-0.3, -0.25) is 0 Å². The summed E-state index contributed by atoms with van der Waals surface area (Å²) in [5.41, 5.74) is 18.1. The second kappa shape index (κ2) is 15.6. The first kappa shape index (κ1) is 36.2. The monoisotopic (exact) mass is 740 g/mol. The maximum absolute atomic E-state index is 2.61. The molecular weight excluding hydrogens is 685 g/mol. The van der Waals surface area contributed by atoms with Crippen LogP contribution in [0.5, 0.6) is 0 Å². The molecule has 0 saturated carbocycles. The van der Waals surface area contributed by atoms with Crippen LogP contribution in [0.25, 0.3) is 16.7 Å². The number of benzene rings is 3. The van der Waals surface area contributed by atoms with E-state index in [1.165, 1.54) is 71.1 Å². The standard InChI is InChI=1S/C57H56/c1-40(44-18-4-2-5-19-44)16-14-17-43(38-41-30-34-46(35-31-41)45-20-6-3-7-21-45)39-42-32-36-47(37-33-42)48-25-15-29-55-56(48)51-24-10-13-28-54(51)57(55)52-26-11-8-22-49(52)50-23-9-12-27-53(50)57/h3-4,6-14,16,18-28,30,32,34-36,40-41,43,51,54H,2,5,15,17,29,31,33,37-39H2,1H3. The first-order chi connectivity index (χ1) is 28.2. The number of fused-ring (bicyclic) bond motifs is 9. The average molecular weight is 741 g/mol. The highest BCUT2D eigenvalue weighted by Gasteiger charge is 2.58. The lowest BCUT2D eigenvalue weighted by Gasteiger charge is -2.38. The normalized spacial score (nSPS) is 24.9. The fourth-order valence-corrected chi connectivity index (χ4v) is 11.7. The quantitative estimate of drug-likeness (QED) is 0.182. The Bertz CT molecular complexity index is 2340. The Morgan fingerprint density at radius 3 is 2.26 bits per heavy atom. The van der Waals surface area contributed by atoms with Gasteiger partial charge in [0.05, 0.1) is 5.41 Å². The molecule has 0 bridgehead atoms. The Labute approximate surface area is 341 Å². The minimum atomic E-state index is -0.0865. The van der Waals surface area contributed by atoms with Crippen LogP contribution in [-0.4, -0.2) is 0 Å². The zero-order chi connectivity index (χ0) is 38.2. The third-order valence-corrected chi connectivity index (χ3v) is 14.3. The molecule has 5 unspecified atom stereocenters. The van der Waals surface area contributed by atoms with Crippen molar-refractivity contribution in [2.75, 3.05) is 0 Å². The first-order valence-corrected chi connectivity index (χ1v) is 22.0. The van der Waals surface area contributed by atoms with Crippen molar-refractivity contribution in [3.63, 3.8) is 0 Å². The second-order valence-corrected chi connectivity index (χ2v) is 17.6. The lowest BCUT2D eigenvalue weighted by Crippen LogP contribution is -2.35. The van der Waals surface area contributed by atoms with Crippen LogP contribution >= 0.6 is 0 Å². The van der Waals surface area contributed by atoms with Gasteiger partial charge in [-0.2, -0.15) is 0 Å². The van der Waals surface area contributed by atoms with Gasteiger partial charge in [-0.15, -0.1) is 0 Å². The molecule has 0 heterocycles. The first-order valence-electron chi connectivity index (χ1n) is 22.0. The summed E-state index contributed by atoms with van der Waals surface area (Å²) in [5, 5.41) is 0. The smallest absolute Gasteiger partial charge is 0.0501 e. The summed E-state index contributed by atoms with van der Waals surface area (Å²) in [6.45, 7) is 2.36. The Hall–Kier alpha value is -5.20. The average Bonchev–Trinajstić information content (AvgIpc) is 3.75. The molecule has 284 valence electrons. The van der Waals surface area contributed by atoms with Gasteiger partial charge in [0, 0.05) is 11.8 Å². The molecule has 0 nitrogen and oxygen atoms in total. The molecule has 57 heavy (non-hydrogen) atoms. The van der Waals surface area contributed by atoms with E-state index in [9.17, 15) is 0 Å². The highest BCUT2D eigenvalue weighted by Crippen LogP contribution is 2.67. The molecule has 0 radical (unpaired) electrons. The van der Waals surface area contributed by atoms with Crippen molar-refractivity contribution in [2.24, 2.45) is 29.6 Å². The fourth-order valence-electron chi connectivity index (χ4n) is 11.7. The van der Waals surface area contributed by atoms with E-state index >= 15 is 0 Å².